The summed E-state index contributed by atoms with van der Waals surface area (Å²) in [7, 11) is 0. The molecule has 2 aliphatic carbocycles. The van der Waals surface area contributed by atoms with Gasteiger partial charge in [-0.3, -0.25) is 0 Å². The van der Waals surface area contributed by atoms with Crippen molar-refractivity contribution in [3.63, 3.8) is 0 Å². The van der Waals surface area contributed by atoms with Crippen LogP contribution in [0.4, 0.5) is 0 Å². The van der Waals surface area contributed by atoms with Crippen LogP contribution in [-0.4, -0.2) is 0 Å². The van der Waals surface area contributed by atoms with Crippen molar-refractivity contribution in [1.29, 1.82) is 0 Å². The van der Waals surface area contributed by atoms with E-state index in [-0.39, 0.29) is 5.92 Å². The monoisotopic (exact) mass is 457 g/mol. The Labute approximate surface area is 211 Å². The molecule has 1 unspecified atom stereocenters. The lowest BCUT2D eigenvalue weighted by atomic mass is 9.84. The van der Waals surface area contributed by atoms with Gasteiger partial charge >= 0.3 is 0 Å². The minimum atomic E-state index is 0.176. The van der Waals surface area contributed by atoms with Crippen LogP contribution in [0.5, 0.6) is 0 Å². The Bertz CT molecular complexity index is 1830. The average Bonchev–Trinajstić information content (AvgIpc) is 3.51. The third-order valence-corrected chi connectivity index (χ3v) is 7.47. The highest BCUT2D eigenvalue weighted by Gasteiger charge is 2.25. The number of rotatable bonds is 3. The zero-order valence-electron chi connectivity index (χ0n) is 20.2. The van der Waals surface area contributed by atoms with Crippen LogP contribution >= 0.6 is 0 Å². The van der Waals surface area contributed by atoms with Crippen molar-refractivity contribution in [3.05, 3.63) is 181 Å². The molecule has 0 bridgehead atoms. The lowest BCUT2D eigenvalue weighted by molar-refractivity contribution is 1.02. The number of hydrogen-bond donors (Lipinski definition) is 0. The molecule has 1 atom stereocenters. The Morgan fingerprint density at radius 1 is 0.667 bits per heavy atom. The molecule has 169 valence electrons. The van der Waals surface area contributed by atoms with Crippen LogP contribution in [0.25, 0.3) is 17.7 Å². The first-order valence-corrected chi connectivity index (χ1v) is 12.6. The summed E-state index contributed by atoms with van der Waals surface area (Å²) in [6.45, 7) is 2.17. The van der Waals surface area contributed by atoms with E-state index >= 15 is 0 Å². The molecule has 0 fully saturated rings. The van der Waals surface area contributed by atoms with E-state index in [1.54, 1.807) is 0 Å². The predicted molar refractivity (Wildman–Crippen MR) is 149 cm³/mol. The van der Waals surface area contributed by atoms with Crippen molar-refractivity contribution in [1.82, 2.24) is 0 Å². The molecule has 0 heteroatoms. The summed E-state index contributed by atoms with van der Waals surface area (Å²) in [6, 6.07) is 41.7. The van der Waals surface area contributed by atoms with Gasteiger partial charge in [-0.25, -0.2) is 0 Å². The van der Waals surface area contributed by atoms with E-state index in [9.17, 15) is 0 Å². The van der Waals surface area contributed by atoms with Gasteiger partial charge in [-0.15, -0.1) is 0 Å². The minimum absolute atomic E-state index is 0.176. The minimum Gasteiger partial charge on any atom is -0.0720 e. The van der Waals surface area contributed by atoms with Gasteiger partial charge in [-0.05, 0) is 72.8 Å². The van der Waals surface area contributed by atoms with E-state index in [2.05, 4.69) is 140 Å². The Hall–Kier alpha value is -4.42. The first kappa shape index (κ1) is 20.9. The Morgan fingerprint density at radius 2 is 1.36 bits per heavy atom. The maximum Gasteiger partial charge on any atom is 0.0291 e. The molecule has 0 nitrogen and oxygen atoms in total. The van der Waals surface area contributed by atoms with Crippen molar-refractivity contribution in [2.45, 2.75) is 12.8 Å². The summed E-state index contributed by atoms with van der Waals surface area (Å²) in [4.78, 5) is 0. The summed E-state index contributed by atoms with van der Waals surface area (Å²) in [5, 5.41) is 5.00. The Kier molecular flexibility index (Phi) is 4.85. The third kappa shape index (κ3) is 3.30. The molecule has 7 rings (SSSR count). The largest absolute Gasteiger partial charge is 0.0720 e. The molecule has 0 spiro atoms. The number of aryl methyl sites for hydroxylation is 1. The molecule has 0 saturated carbocycles. The van der Waals surface area contributed by atoms with Crippen LogP contribution in [0.1, 0.15) is 44.9 Å². The van der Waals surface area contributed by atoms with E-state index < -0.39 is 0 Å². The SMILES string of the molecule is Cc1ccc2c(c1)C=CC2c1c2c(ccc1=C(c1ccccc1)c1ccccc1)=c1ccccc1=[C]2. The predicted octanol–water partition coefficient (Wildman–Crippen LogP) is 6.71. The van der Waals surface area contributed by atoms with Gasteiger partial charge in [0.1, 0.15) is 0 Å². The van der Waals surface area contributed by atoms with Crippen molar-refractivity contribution >= 4 is 17.7 Å². The molecule has 0 N–H and O–H groups in total. The highest BCUT2D eigenvalue weighted by Crippen LogP contribution is 2.37. The fourth-order valence-electron chi connectivity index (χ4n) is 5.85. The highest BCUT2D eigenvalue weighted by molar-refractivity contribution is 5.82. The first-order chi connectivity index (χ1) is 17.8. The van der Waals surface area contributed by atoms with Gasteiger partial charge in [-0.2, -0.15) is 0 Å². The standard InChI is InChI=1S/C36H25/c1-24-16-18-30-28(22-24)17-19-32(30)36-33(21-20-31-29-15-9-8-14-27(29)23-34(31)36)35(25-10-4-2-5-11-25)26-12-6-3-7-13-26/h2-22,32H,1H3. The Balaban J connectivity index is 1.66. The molecule has 1 radical (unpaired) electrons. The normalized spacial score (nSPS) is 14.6. The van der Waals surface area contributed by atoms with Crippen LogP contribution in [0.15, 0.2) is 121 Å². The van der Waals surface area contributed by atoms with E-state index in [4.69, 9.17) is 0 Å². The van der Waals surface area contributed by atoms with Gasteiger partial charge in [-0.1, -0.05) is 133 Å². The van der Waals surface area contributed by atoms with E-state index in [1.807, 2.05) is 0 Å². The molecule has 5 aromatic rings. The van der Waals surface area contributed by atoms with Crippen LogP contribution in [0.3, 0.4) is 0 Å². The summed E-state index contributed by atoms with van der Waals surface area (Å²) in [5.41, 5.74) is 10.3. The van der Waals surface area contributed by atoms with Crippen LogP contribution < -0.4 is 10.4 Å². The van der Waals surface area contributed by atoms with E-state index in [0.29, 0.717) is 0 Å². The van der Waals surface area contributed by atoms with Crippen LogP contribution in [-0.2, 0) is 0 Å². The summed E-state index contributed by atoms with van der Waals surface area (Å²) in [6.07, 6.45) is 8.49. The molecule has 0 heterocycles. The summed E-state index contributed by atoms with van der Waals surface area (Å²) < 4.78 is 0. The maximum absolute atomic E-state index is 3.82. The quantitative estimate of drug-likeness (QED) is 0.277. The fourth-order valence-corrected chi connectivity index (χ4v) is 5.85. The number of hydrogen-bond acceptors (Lipinski definition) is 0. The lowest BCUT2D eigenvalue weighted by Crippen LogP contribution is -2.19. The lowest BCUT2D eigenvalue weighted by Gasteiger charge is -2.19. The molecule has 0 saturated heterocycles. The number of fused-ring (bicyclic) bond motifs is 3. The number of allylic oxidation sites excluding steroid dienone is 1. The van der Waals surface area contributed by atoms with Gasteiger partial charge in [0.05, 0.1) is 0 Å². The van der Waals surface area contributed by atoms with E-state index in [1.165, 1.54) is 65.4 Å². The zero-order chi connectivity index (χ0) is 24.1. The molecular weight excluding hydrogens is 432 g/mol. The third-order valence-electron chi connectivity index (χ3n) is 7.47. The fraction of sp³-hybridized carbons (Fsp3) is 0.0556. The van der Waals surface area contributed by atoms with Crippen LogP contribution in [0.2, 0.25) is 0 Å². The van der Waals surface area contributed by atoms with Gasteiger partial charge in [0.2, 0.25) is 0 Å². The molecular formula is C36H25. The first-order valence-electron chi connectivity index (χ1n) is 12.6. The van der Waals surface area contributed by atoms with Crippen molar-refractivity contribution in [2.24, 2.45) is 0 Å². The topological polar surface area (TPSA) is 0 Å². The summed E-state index contributed by atoms with van der Waals surface area (Å²) >= 11 is 0. The van der Waals surface area contributed by atoms with Crippen molar-refractivity contribution in [2.75, 3.05) is 0 Å². The van der Waals surface area contributed by atoms with Crippen molar-refractivity contribution < 1.29 is 0 Å². The smallest absolute Gasteiger partial charge is 0.0291 e. The van der Waals surface area contributed by atoms with Gasteiger partial charge in [0.25, 0.3) is 0 Å². The van der Waals surface area contributed by atoms with Gasteiger partial charge < -0.3 is 0 Å². The Morgan fingerprint density at radius 3 is 2.11 bits per heavy atom. The second-order valence-corrected chi connectivity index (χ2v) is 9.70. The number of benzene rings is 5. The highest BCUT2D eigenvalue weighted by atomic mass is 14.3. The molecule has 0 aliphatic heterocycles. The molecule has 0 amide bonds. The molecule has 36 heavy (non-hydrogen) atoms. The second kappa shape index (κ2) is 8.36. The van der Waals surface area contributed by atoms with Gasteiger partial charge in [0.15, 0.2) is 0 Å². The van der Waals surface area contributed by atoms with Crippen LogP contribution in [0, 0.1) is 17.4 Å². The molecule has 2 aliphatic rings. The average molecular weight is 458 g/mol. The maximum atomic E-state index is 3.82. The zero-order valence-corrected chi connectivity index (χ0v) is 20.2. The van der Waals surface area contributed by atoms with Crippen molar-refractivity contribution in [3.8, 4) is 0 Å². The molecule has 5 aromatic carbocycles. The van der Waals surface area contributed by atoms with E-state index in [0.717, 1.165) is 0 Å². The summed E-state index contributed by atoms with van der Waals surface area (Å²) in [5.74, 6) is 0.176. The second-order valence-electron chi connectivity index (χ2n) is 9.70. The van der Waals surface area contributed by atoms with Gasteiger partial charge in [0, 0.05) is 5.92 Å². The molecule has 0 aromatic heterocycles.